The summed E-state index contributed by atoms with van der Waals surface area (Å²) in [5.74, 6) is -0.314. The zero-order valence-electron chi connectivity index (χ0n) is 11.0. The summed E-state index contributed by atoms with van der Waals surface area (Å²) < 4.78 is 0. The lowest BCUT2D eigenvalue weighted by Crippen LogP contribution is -2.04. The van der Waals surface area contributed by atoms with E-state index in [1.165, 1.54) is 12.1 Å². The van der Waals surface area contributed by atoms with E-state index in [2.05, 4.69) is 0 Å². The van der Waals surface area contributed by atoms with E-state index in [-0.39, 0.29) is 29.3 Å². The van der Waals surface area contributed by atoms with E-state index in [0.717, 1.165) is 11.1 Å². The molecule has 19 heavy (non-hydrogen) atoms. The van der Waals surface area contributed by atoms with E-state index in [4.69, 9.17) is 0 Å². The monoisotopic (exact) mass is 256 g/mol. The van der Waals surface area contributed by atoms with Gasteiger partial charge >= 0.3 is 0 Å². The van der Waals surface area contributed by atoms with Crippen LogP contribution in [-0.4, -0.2) is 16.0 Å². The molecule has 0 atom stereocenters. The lowest BCUT2D eigenvalue weighted by molar-refractivity contribution is 0.0990. The van der Waals surface area contributed by atoms with Crippen molar-refractivity contribution in [2.75, 3.05) is 0 Å². The fraction of sp³-hybridized carbons (Fsp3) is 0.188. The maximum absolute atomic E-state index is 12.1. The van der Waals surface area contributed by atoms with Gasteiger partial charge in [0.05, 0.1) is 5.56 Å². The Balaban J connectivity index is 2.25. The Labute approximate surface area is 112 Å². The second kappa shape index (κ2) is 5.14. The fourth-order valence-electron chi connectivity index (χ4n) is 1.90. The molecule has 2 rings (SSSR count). The molecule has 2 aromatic rings. The maximum Gasteiger partial charge on any atom is 0.170 e. The van der Waals surface area contributed by atoms with Gasteiger partial charge < -0.3 is 10.2 Å². The van der Waals surface area contributed by atoms with Gasteiger partial charge in [0.15, 0.2) is 5.78 Å². The number of aromatic hydroxyl groups is 2. The minimum atomic E-state index is -0.163. The fourth-order valence-corrected chi connectivity index (χ4v) is 1.90. The number of Topliss-reactive ketones (excluding diaryl/α,β-unsaturated/α-hetero) is 1. The quantitative estimate of drug-likeness (QED) is 0.829. The Morgan fingerprint density at radius 3 is 2.26 bits per heavy atom. The summed E-state index contributed by atoms with van der Waals surface area (Å²) >= 11 is 0. The molecular formula is C16H16O3. The van der Waals surface area contributed by atoms with Crippen LogP contribution in [-0.2, 0) is 6.42 Å². The van der Waals surface area contributed by atoms with Crippen LogP contribution in [0.3, 0.4) is 0 Å². The molecular weight excluding hydrogens is 240 g/mol. The zero-order chi connectivity index (χ0) is 14.0. The maximum atomic E-state index is 12.1. The summed E-state index contributed by atoms with van der Waals surface area (Å²) in [4.78, 5) is 12.1. The summed E-state index contributed by atoms with van der Waals surface area (Å²) in [6, 6.07) is 10.6. The minimum Gasteiger partial charge on any atom is -0.508 e. The molecule has 0 saturated heterocycles. The minimum absolute atomic E-state index is 0.00983. The highest BCUT2D eigenvalue weighted by atomic mass is 16.3. The first-order valence-corrected chi connectivity index (χ1v) is 6.09. The molecule has 3 heteroatoms. The highest BCUT2D eigenvalue weighted by Crippen LogP contribution is 2.30. The van der Waals surface area contributed by atoms with Crippen molar-refractivity contribution < 1.29 is 15.0 Å². The Morgan fingerprint density at radius 1 is 1.00 bits per heavy atom. The van der Waals surface area contributed by atoms with Gasteiger partial charge in [-0.05, 0) is 31.5 Å². The summed E-state index contributed by atoms with van der Waals surface area (Å²) in [5.41, 5.74) is 2.62. The normalized spacial score (nSPS) is 10.4. The van der Waals surface area contributed by atoms with Gasteiger partial charge in [0.1, 0.15) is 11.5 Å². The van der Waals surface area contributed by atoms with Crippen LogP contribution in [0.2, 0.25) is 0 Å². The number of hydrogen-bond acceptors (Lipinski definition) is 3. The predicted molar refractivity (Wildman–Crippen MR) is 73.7 cm³/mol. The van der Waals surface area contributed by atoms with Gasteiger partial charge in [-0.3, -0.25) is 4.79 Å². The number of rotatable bonds is 3. The number of hydrogen-bond donors (Lipinski definition) is 2. The van der Waals surface area contributed by atoms with Crippen LogP contribution in [0.1, 0.15) is 27.0 Å². The van der Waals surface area contributed by atoms with Crippen LogP contribution in [0.15, 0.2) is 36.4 Å². The molecule has 0 bridgehead atoms. The van der Waals surface area contributed by atoms with Gasteiger partial charge in [-0.15, -0.1) is 0 Å². The molecule has 0 aliphatic carbocycles. The SMILES string of the molecule is Cc1ccc(CC(=O)c2ccc(O)c(C)c2O)cc1. The highest BCUT2D eigenvalue weighted by molar-refractivity contribution is 6.00. The Hall–Kier alpha value is -2.29. The van der Waals surface area contributed by atoms with Crippen molar-refractivity contribution in [3.05, 3.63) is 58.7 Å². The Morgan fingerprint density at radius 2 is 1.63 bits per heavy atom. The summed E-state index contributed by atoms with van der Waals surface area (Å²) in [6.45, 7) is 3.56. The summed E-state index contributed by atoms with van der Waals surface area (Å²) in [5, 5.41) is 19.3. The van der Waals surface area contributed by atoms with Crippen molar-refractivity contribution in [2.45, 2.75) is 20.3 Å². The van der Waals surface area contributed by atoms with Gasteiger partial charge in [-0.25, -0.2) is 0 Å². The smallest absolute Gasteiger partial charge is 0.170 e. The molecule has 0 aromatic heterocycles. The van der Waals surface area contributed by atoms with Crippen LogP contribution in [0, 0.1) is 13.8 Å². The molecule has 0 fully saturated rings. The number of aryl methyl sites for hydroxylation is 1. The molecule has 0 heterocycles. The van der Waals surface area contributed by atoms with Gasteiger partial charge in [0.25, 0.3) is 0 Å². The van der Waals surface area contributed by atoms with Crippen LogP contribution in [0.25, 0.3) is 0 Å². The van der Waals surface area contributed by atoms with E-state index in [1.807, 2.05) is 31.2 Å². The van der Waals surface area contributed by atoms with Crippen molar-refractivity contribution >= 4 is 5.78 Å². The average Bonchev–Trinajstić information content (AvgIpc) is 2.39. The molecule has 0 unspecified atom stereocenters. The van der Waals surface area contributed by atoms with Gasteiger partial charge in [0.2, 0.25) is 0 Å². The molecule has 0 spiro atoms. The molecule has 0 amide bonds. The molecule has 2 N–H and O–H groups in total. The number of carbonyl (C=O) groups is 1. The van der Waals surface area contributed by atoms with Crippen LogP contribution in [0.5, 0.6) is 11.5 Å². The van der Waals surface area contributed by atoms with Gasteiger partial charge in [-0.1, -0.05) is 29.8 Å². The standard InChI is InChI=1S/C16H16O3/c1-10-3-5-12(6-4-10)9-15(18)13-7-8-14(17)11(2)16(13)19/h3-8,17,19H,9H2,1-2H3. The molecule has 0 aliphatic rings. The van der Waals surface area contributed by atoms with Gasteiger partial charge in [0, 0.05) is 12.0 Å². The third-order valence-electron chi connectivity index (χ3n) is 3.19. The first kappa shape index (κ1) is 13.1. The average molecular weight is 256 g/mol. The number of phenolic OH excluding ortho intramolecular Hbond substituents is 2. The van der Waals surface area contributed by atoms with Crippen LogP contribution < -0.4 is 0 Å². The van der Waals surface area contributed by atoms with Gasteiger partial charge in [-0.2, -0.15) is 0 Å². The van der Waals surface area contributed by atoms with Crippen LogP contribution >= 0.6 is 0 Å². The first-order chi connectivity index (χ1) is 8.99. The third-order valence-corrected chi connectivity index (χ3v) is 3.19. The number of carbonyl (C=O) groups excluding carboxylic acids is 1. The second-order valence-electron chi connectivity index (χ2n) is 4.69. The molecule has 98 valence electrons. The van der Waals surface area contributed by atoms with Crippen molar-refractivity contribution in [1.29, 1.82) is 0 Å². The van der Waals surface area contributed by atoms with Crippen molar-refractivity contribution in [2.24, 2.45) is 0 Å². The molecule has 3 nitrogen and oxygen atoms in total. The van der Waals surface area contributed by atoms with E-state index in [0.29, 0.717) is 5.56 Å². The lowest BCUT2D eigenvalue weighted by atomic mass is 9.99. The zero-order valence-corrected chi connectivity index (χ0v) is 11.0. The van der Waals surface area contributed by atoms with E-state index in [9.17, 15) is 15.0 Å². The topological polar surface area (TPSA) is 57.5 Å². The molecule has 2 aromatic carbocycles. The summed E-state index contributed by atoms with van der Waals surface area (Å²) in [6.07, 6.45) is 0.234. The molecule has 0 aliphatic heterocycles. The highest BCUT2D eigenvalue weighted by Gasteiger charge is 2.15. The van der Waals surface area contributed by atoms with E-state index >= 15 is 0 Å². The number of ketones is 1. The third kappa shape index (κ3) is 2.76. The van der Waals surface area contributed by atoms with Crippen molar-refractivity contribution in [3.63, 3.8) is 0 Å². The van der Waals surface area contributed by atoms with Crippen LogP contribution in [0.4, 0.5) is 0 Å². The Bertz CT molecular complexity index is 613. The first-order valence-electron chi connectivity index (χ1n) is 6.09. The Kier molecular flexibility index (Phi) is 3.56. The van der Waals surface area contributed by atoms with E-state index in [1.54, 1.807) is 6.92 Å². The van der Waals surface area contributed by atoms with Crippen molar-refractivity contribution in [1.82, 2.24) is 0 Å². The predicted octanol–water partition coefficient (Wildman–Crippen LogP) is 3.14. The lowest BCUT2D eigenvalue weighted by Gasteiger charge is -2.08. The molecule has 0 saturated carbocycles. The van der Waals surface area contributed by atoms with E-state index < -0.39 is 0 Å². The molecule has 0 radical (unpaired) electrons. The summed E-state index contributed by atoms with van der Waals surface area (Å²) in [7, 11) is 0. The number of benzene rings is 2. The van der Waals surface area contributed by atoms with Crippen molar-refractivity contribution in [3.8, 4) is 11.5 Å². The largest absolute Gasteiger partial charge is 0.508 e. The second-order valence-corrected chi connectivity index (χ2v) is 4.69. The number of phenols is 2.